The van der Waals surface area contributed by atoms with Gasteiger partial charge in [0.2, 0.25) is 5.91 Å². The summed E-state index contributed by atoms with van der Waals surface area (Å²) in [4.78, 5) is 13.0. The highest BCUT2D eigenvalue weighted by Gasteiger charge is 2.27. The van der Waals surface area contributed by atoms with Crippen LogP contribution in [0.4, 0.5) is 0 Å². The summed E-state index contributed by atoms with van der Waals surface area (Å²) in [5.74, 6) is 0.214. The summed E-state index contributed by atoms with van der Waals surface area (Å²) in [7, 11) is 3.61. The molecule has 0 aliphatic carbocycles. The molecule has 0 radical (unpaired) electrons. The molecule has 0 aromatic heterocycles. The summed E-state index contributed by atoms with van der Waals surface area (Å²) in [5.41, 5.74) is 0.237. The van der Waals surface area contributed by atoms with Crippen molar-refractivity contribution in [1.29, 1.82) is 0 Å². The zero-order valence-electron chi connectivity index (χ0n) is 10.1. The fourth-order valence-electron chi connectivity index (χ4n) is 1.82. The van der Waals surface area contributed by atoms with Crippen molar-refractivity contribution in [2.75, 3.05) is 33.7 Å². The summed E-state index contributed by atoms with van der Waals surface area (Å²) >= 11 is 0. The zero-order valence-corrected chi connectivity index (χ0v) is 10.1. The molecule has 1 saturated heterocycles. The molecule has 1 aliphatic heterocycles. The van der Waals surface area contributed by atoms with E-state index >= 15 is 0 Å². The second kappa shape index (κ2) is 5.47. The Labute approximate surface area is 92.4 Å². The standard InChI is InChI=1S/C11H23N3O/c1-11(6-8-12-9-11)13-7-4-5-10(15)14(2)3/h12-13H,4-9H2,1-3H3. The monoisotopic (exact) mass is 213 g/mol. The molecule has 1 heterocycles. The van der Waals surface area contributed by atoms with Gasteiger partial charge in [-0.1, -0.05) is 0 Å². The lowest BCUT2D eigenvalue weighted by Crippen LogP contribution is -2.44. The van der Waals surface area contributed by atoms with Crippen molar-refractivity contribution < 1.29 is 4.79 Å². The normalized spacial score (nSPS) is 25.5. The Hall–Kier alpha value is -0.610. The van der Waals surface area contributed by atoms with Crippen molar-refractivity contribution in [3.63, 3.8) is 0 Å². The fraction of sp³-hybridized carbons (Fsp3) is 0.909. The first-order chi connectivity index (χ1) is 7.03. The van der Waals surface area contributed by atoms with Gasteiger partial charge in [-0.05, 0) is 32.9 Å². The molecule has 0 spiro atoms. The lowest BCUT2D eigenvalue weighted by molar-refractivity contribution is -0.128. The van der Waals surface area contributed by atoms with E-state index in [1.165, 1.54) is 6.42 Å². The number of amides is 1. The first-order valence-corrected chi connectivity index (χ1v) is 5.69. The van der Waals surface area contributed by atoms with Gasteiger partial charge in [0.1, 0.15) is 0 Å². The largest absolute Gasteiger partial charge is 0.349 e. The van der Waals surface area contributed by atoms with E-state index in [9.17, 15) is 4.79 Å². The van der Waals surface area contributed by atoms with Gasteiger partial charge in [-0.2, -0.15) is 0 Å². The number of hydrogen-bond acceptors (Lipinski definition) is 3. The Morgan fingerprint density at radius 1 is 1.53 bits per heavy atom. The average Bonchev–Trinajstić information content (AvgIpc) is 2.60. The summed E-state index contributed by atoms with van der Waals surface area (Å²) in [5, 5.41) is 6.86. The van der Waals surface area contributed by atoms with Crippen LogP contribution in [0.2, 0.25) is 0 Å². The van der Waals surface area contributed by atoms with Crippen LogP contribution >= 0.6 is 0 Å². The first kappa shape index (κ1) is 12.5. The maximum Gasteiger partial charge on any atom is 0.222 e. The Balaban J connectivity index is 2.08. The molecule has 2 N–H and O–H groups in total. The number of carbonyl (C=O) groups excluding carboxylic acids is 1. The van der Waals surface area contributed by atoms with E-state index < -0.39 is 0 Å². The minimum Gasteiger partial charge on any atom is -0.349 e. The van der Waals surface area contributed by atoms with Crippen molar-refractivity contribution in [3.05, 3.63) is 0 Å². The predicted octanol–water partition coefficient (Wildman–Crippen LogP) is 0.196. The number of carbonyl (C=O) groups is 1. The average molecular weight is 213 g/mol. The van der Waals surface area contributed by atoms with Gasteiger partial charge in [0.25, 0.3) is 0 Å². The third kappa shape index (κ3) is 4.18. The molecule has 4 nitrogen and oxygen atoms in total. The van der Waals surface area contributed by atoms with Crippen LogP contribution < -0.4 is 10.6 Å². The van der Waals surface area contributed by atoms with E-state index in [1.807, 2.05) is 0 Å². The number of nitrogens with zero attached hydrogens (tertiary/aromatic N) is 1. The molecule has 88 valence electrons. The predicted molar refractivity (Wildman–Crippen MR) is 61.8 cm³/mol. The number of rotatable bonds is 5. The zero-order chi connectivity index (χ0) is 11.3. The molecule has 1 atom stereocenters. The second-order valence-electron chi connectivity index (χ2n) is 4.81. The van der Waals surface area contributed by atoms with E-state index in [-0.39, 0.29) is 11.4 Å². The van der Waals surface area contributed by atoms with Gasteiger partial charge in [-0.3, -0.25) is 4.79 Å². The number of nitrogens with one attached hydrogen (secondary N) is 2. The van der Waals surface area contributed by atoms with Crippen molar-refractivity contribution >= 4 is 5.91 Å². The van der Waals surface area contributed by atoms with Gasteiger partial charge >= 0.3 is 0 Å². The van der Waals surface area contributed by atoms with Crippen LogP contribution in [0.1, 0.15) is 26.2 Å². The molecule has 4 heteroatoms. The van der Waals surface area contributed by atoms with Gasteiger partial charge in [0.15, 0.2) is 0 Å². The van der Waals surface area contributed by atoms with Crippen molar-refractivity contribution in [3.8, 4) is 0 Å². The molecule has 1 unspecified atom stereocenters. The molecule has 0 aromatic rings. The topological polar surface area (TPSA) is 44.4 Å². The molecule has 1 aliphatic rings. The van der Waals surface area contributed by atoms with Crippen LogP contribution in [-0.2, 0) is 4.79 Å². The van der Waals surface area contributed by atoms with Gasteiger partial charge < -0.3 is 15.5 Å². The maximum absolute atomic E-state index is 11.3. The molecule has 0 aromatic carbocycles. The van der Waals surface area contributed by atoms with Crippen LogP contribution in [-0.4, -0.2) is 50.1 Å². The molecule has 0 saturated carbocycles. The third-order valence-corrected chi connectivity index (χ3v) is 2.99. The van der Waals surface area contributed by atoms with Gasteiger partial charge in [0, 0.05) is 32.6 Å². The molecular weight excluding hydrogens is 190 g/mol. The van der Waals surface area contributed by atoms with Crippen molar-refractivity contribution in [2.24, 2.45) is 0 Å². The van der Waals surface area contributed by atoms with Gasteiger partial charge in [-0.25, -0.2) is 0 Å². The third-order valence-electron chi connectivity index (χ3n) is 2.99. The highest BCUT2D eigenvalue weighted by Crippen LogP contribution is 2.12. The van der Waals surface area contributed by atoms with E-state index in [0.717, 1.165) is 26.1 Å². The van der Waals surface area contributed by atoms with Crippen LogP contribution in [0, 0.1) is 0 Å². The molecular formula is C11H23N3O. The van der Waals surface area contributed by atoms with E-state index in [1.54, 1.807) is 19.0 Å². The molecule has 1 amide bonds. The minimum atomic E-state index is 0.214. The Kier molecular flexibility index (Phi) is 4.54. The summed E-state index contributed by atoms with van der Waals surface area (Å²) in [6.07, 6.45) is 2.74. The van der Waals surface area contributed by atoms with Gasteiger partial charge in [0.05, 0.1) is 0 Å². The van der Waals surface area contributed by atoms with E-state index in [4.69, 9.17) is 0 Å². The van der Waals surface area contributed by atoms with Crippen molar-refractivity contribution in [1.82, 2.24) is 15.5 Å². The van der Waals surface area contributed by atoms with E-state index in [2.05, 4.69) is 17.6 Å². The Morgan fingerprint density at radius 3 is 2.80 bits per heavy atom. The van der Waals surface area contributed by atoms with Crippen LogP contribution in [0.15, 0.2) is 0 Å². The second-order valence-corrected chi connectivity index (χ2v) is 4.81. The highest BCUT2D eigenvalue weighted by atomic mass is 16.2. The maximum atomic E-state index is 11.3. The van der Waals surface area contributed by atoms with Crippen LogP contribution in [0.5, 0.6) is 0 Å². The molecule has 15 heavy (non-hydrogen) atoms. The SMILES string of the molecule is CN(C)C(=O)CCCNC1(C)CCNC1. The quantitative estimate of drug-likeness (QED) is 0.641. The van der Waals surface area contributed by atoms with Crippen LogP contribution in [0.25, 0.3) is 0 Å². The lowest BCUT2D eigenvalue weighted by Gasteiger charge is -2.24. The summed E-state index contributed by atoms with van der Waals surface area (Å²) < 4.78 is 0. The Bertz CT molecular complexity index is 210. The van der Waals surface area contributed by atoms with Gasteiger partial charge in [-0.15, -0.1) is 0 Å². The first-order valence-electron chi connectivity index (χ1n) is 5.69. The number of hydrogen-bond donors (Lipinski definition) is 2. The fourth-order valence-corrected chi connectivity index (χ4v) is 1.82. The summed E-state index contributed by atoms with van der Waals surface area (Å²) in [6, 6.07) is 0. The Morgan fingerprint density at radius 2 is 2.27 bits per heavy atom. The van der Waals surface area contributed by atoms with Crippen LogP contribution in [0.3, 0.4) is 0 Å². The molecule has 1 fully saturated rings. The van der Waals surface area contributed by atoms with Crippen molar-refractivity contribution in [2.45, 2.75) is 31.7 Å². The summed E-state index contributed by atoms with van der Waals surface area (Å²) in [6.45, 7) is 5.30. The lowest BCUT2D eigenvalue weighted by atomic mass is 10.0. The molecule has 1 rings (SSSR count). The highest BCUT2D eigenvalue weighted by molar-refractivity contribution is 5.75. The molecule has 0 bridgehead atoms. The minimum absolute atomic E-state index is 0.214. The smallest absolute Gasteiger partial charge is 0.222 e. The van der Waals surface area contributed by atoms with E-state index in [0.29, 0.717) is 6.42 Å².